The Morgan fingerprint density at radius 2 is 1.82 bits per heavy atom. The summed E-state index contributed by atoms with van der Waals surface area (Å²) < 4.78 is 58.9. The number of anilines is 4. The number of halogens is 3. The molecule has 1 fully saturated rings. The quantitative estimate of drug-likeness (QED) is 0.196. The van der Waals surface area contributed by atoms with Gasteiger partial charge < -0.3 is 35.2 Å². The molecule has 11 nitrogen and oxygen atoms in total. The van der Waals surface area contributed by atoms with Gasteiger partial charge in [-0.1, -0.05) is 12.1 Å². The van der Waals surface area contributed by atoms with E-state index < -0.39 is 36.9 Å². The van der Waals surface area contributed by atoms with Crippen molar-refractivity contribution in [2.75, 3.05) is 24.8 Å². The van der Waals surface area contributed by atoms with Crippen molar-refractivity contribution in [3.63, 3.8) is 0 Å². The van der Waals surface area contributed by atoms with Gasteiger partial charge in [0, 0.05) is 19.8 Å². The first-order valence-corrected chi connectivity index (χ1v) is 15.7. The summed E-state index contributed by atoms with van der Waals surface area (Å²) in [5.74, 6) is -0.833. The van der Waals surface area contributed by atoms with E-state index in [1.54, 1.807) is 20.0 Å². The van der Waals surface area contributed by atoms with E-state index in [2.05, 4.69) is 20.6 Å². The molecule has 0 spiro atoms. The van der Waals surface area contributed by atoms with Crippen molar-refractivity contribution in [3.8, 4) is 5.75 Å². The van der Waals surface area contributed by atoms with Gasteiger partial charge in [0.1, 0.15) is 17.1 Å². The number of nitrogens with zero attached hydrogens (tertiary/aromatic N) is 3. The van der Waals surface area contributed by atoms with Gasteiger partial charge in [0.15, 0.2) is 0 Å². The Hall–Kier alpha value is -3.71. The van der Waals surface area contributed by atoms with Crippen LogP contribution in [0.5, 0.6) is 5.75 Å². The highest BCUT2D eigenvalue weighted by molar-refractivity contribution is 7.50. The molecule has 5 rings (SSSR count). The number of carbonyl (C=O) groups is 1. The van der Waals surface area contributed by atoms with Gasteiger partial charge in [0.2, 0.25) is 5.95 Å². The minimum absolute atomic E-state index is 0.112. The van der Waals surface area contributed by atoms with Crippen molar-refractivity contribution < 1.29 is 42.2 Å². The molecular weight excluding hydrogens is 602 g/mol. The van der Waals surface area contributed by atoms with Crippen LogP contribution >= 0.6 is 7.60 Å². The second kappa shape index (κ2) is 11.7. The molecule has 0 saturated heterocycles. The van der Waals surface area contributed by atoms with Crippen molar-refractivity contribution in [1.82, 2.24) is 14.9 Å². The van der Waals surface area contributed by atoms with E-state index in [1.165, 1.54) is 30.2 Å². The minimum atomic E-state index is -4.81. The molecule has 1 aliphatic carbocycles. The fraction of sp³-hybridized carbons (Fsp3) is 0.414. The van der Waals surface area contributed by atoms with Crippen LogP contribution in [-0.4, -0.2) is 55.4 Å². The number of hydrogen-bond donors (Lipinski definition) is 5. The highest BCUT2D eigenvalue weighted by atomic mass is 31.2. The summed E-state index contributed by atoms with van der Waals surface area (Å²) in [4.78, 5) is 41.2. The van der Waals surface area contributed by atoms with Crippen LogP contribution in [0, 0.1) is 0 Å². The Kier molecular flexibility index (Phi) is 8.40. The molecular formula is C29H33F3N5O6P. The monoisotopic (exact) mass is 635 g/mol. The largest absolute Gasteiger partial charge is 0.495 e. The van der Waals surface area contributed by atoms with E-state index in [9.17, 15) is 37.4 Å². The summed E-state index contributed by atoms with van der Waals surface area (Å²) in [6.45, 7) is 2.12. The van der Waals surface area contributed by atoms with Gasteiger partial charge in [0.05, 0.1) is 35.8 Å². The lowest BCUT2D eigenvalue weighted by Gasteiger charge is -2.34. The zero-order valence-corrected chi connectivity index (χ0v) is 25.2. The third kappa shape index (κ3) is 6.83. The molecule has 1 aromatic heterocycles. The summed E-state index contributed by atoms with van der Waals surface area (Å²) in [5, 5.41) is 15.9. The first-order chi connectivity index (χ1) is 20.5. The number of hydrogen-bond acceptors (Lipinski definition) is 8. The zero-order chi connectivity index (χ0) is 32.0. The minimum Gasteiger partial charge on any atom is -0.495 e. The van der Waals surface area contributed by atoms with Gasteiger partial charge in [-0.05, 0) is 73.4 Å². The lowest BCUT2D eigenvalue weighted by Crippen LogP contribution is -2.29. The van der Waals surface area contributed by atoms with Crippen LogP contribution in [0.3, 0.4) is 0 Å². The molecule has 0 radical (unpaired) electrons. The molecule has 1 saturated carbocycles. The number of fused-ring (bicyclic) bond motifs is 1. The number of nitrogens with one attached hydrogen (secondary N) is 2. The summed E-state index contributed by atoms with van der Waals surface area (Å²) in [6, 6.07) is 7.70. The highest BCUT2D eigenvalue weighted by Crippen LogP contribution is 2.44. The molecule has 0 unspecified atom stereocenters. The van der Waals surface area contributed by atoms with Crippen LogP contribution in [0.15, 0.2) is 36.5 Å². The lowest BCUT2D eigenvalue weighted by atomic mass is 9.75. The van der Waals surface area contributed by atoms with Crippen LogP contribution < -0.4 is 15.4 Å². The van der Waals surface area contributed by atoms with E-state index in [1.807, 2.05) is 6.07 Å². The number of rotatable bonds is 8. The van der Waals surface area contributed by atoms with Gasteiger partial charge >= 0.3 is 13.8 Å². The predicted octanol–water partition coefficient (Wildman–Crippen LogP) is 5.66. The third-order valence-corrected chi connectivity index (χ3v) is 8.83. The highest BCUT2D eigenvalue weighted by Gasteiger charge is 2.38. The molecule has 0 bridgehead atoms. The fourth-order valence-corrected chi connectivity index (χ4v) is 6.46. The van der Waals surface area contributed by atoms with E-state index in [0.29, 0.717) is 31.1 Å². The second-order valence-electron chi connectivity index (χ2n) is 11.5. The van der Waals surface area contributed by atoms with Crippen molar-refractivity contribution in [2.24, 2.45) is 0 Å². The molecule has 2 aliphatic rings. The van der Waals surface area contributed by atoms with Gasteiger partial charge in [-0.15, -0.1) is 0 Å². The normalized spacial score (nSPS) is 20.4. The smallest absolute Gasteiger partial charge is 0.421 e. The molecule has 5 N–H and O–H groups in total. The number of alkyl halides is 3. The Morgan fingerprint density at radius 3 is 2.45 bits per heavy atom. The van der Waals surface area contributed by atoms with Gasteiger partial charge in [-0.3, -0.25) is 9.36 Å². The summed E-state index contributed by atoms with van der Waals surface area (Å²) in [5.41, 5.74) is 0.821. The van der Waals surface area contributed by atoms with Crippen LogP contribution in [0.1, 0.15) is 71.1 Å². The molecule has 2 heterocycles. The number of benzene rings is 2. The molecule has 1 amide bonds. The van der Waals surface area contributed by atoms with Crippen molar-refractivity contribution in [2.45, 2.75) is 63.0 Å². The number of ether oxygens (including phenoxy) is 1. The Labute approximate surface area is 251 Å². The van der Waals surface area contributed by atoms with E-state index >= 15 is 0 Å². The van der Waals surface area contributed by atoms with E-state index in [4.69, 9.17) is 4.74 Å². The maximum Gasteiger partial charge on any atom is 0.421 e. The summed E-state index contributed by atoms with van der Waals surface area (Å²) >= 11 is 0. The molecule has 236 valence electrons. The Morgan fingerprint density at radius 1 is 1.14 bits per heavy atom. The maximum atomic E-state index is 14.1. The average molecular weight is 636 g/mol. The first-order valence-electron chi connectivity index (χ1n) is 13.9. The number of aromatic nitrogens is 2. The molecule has 2 aromatic carbocycles. The summed E-state index contributed by atoms with van der Waals surface area (Å²) in [7, 11) is -1.38. The summed E-state index contributed by atoms with van der Waals surface area (Å²) in [6.07, 6.45) is -2.03. The zero-order valence-electron chi connectivity index (χ0n) is 24.3. The Balaban J connectivity index is 1.49. The molecule has 15 heteroatoms. The lowest BCUT2D eigenvalue weighted by molar-refractivity contribution is -0.137. The van der Waals surface area contributed by atoms with Crippen molar-refractivity contribution in [1.29, 1.82) is 0 Å². The van der Waals surface area contributed by atoms with Crippen LogP contribution in [0.2, 0.25) is 0 Å². The molecule has 1 aliphatic heterocycles. The second-order valence-corrected chi connectivity index (χ2v) is 13.2. The molecule has 0 atom stereocenters. The number of aliphatic hydroxyl groups is 1. The van der Waals surface area contributed by atoms with Crippen LogP contribution in [-0.2, 0) is 23.4 Å². The van der Waals surface area contributed by atoms with Gasteiger partial charge in [-0.2, -0.15) is 18.2 Å². The third-order valence-electron chi connectivity index (χ3n) is 8.06. The van der Waals surface area contributed by atoms with Gasteiger partial charge in [-0.25, -0.2) is 4.98 Å². The van der Waals surface area contributed by atoms with Gasteiger partial charge in [0.25, 0.3) is 5.91 Å². The van der Waals surface area contributed by atoms with E-state index in [-0.39, 0.29) is 40.5 Å². The topological polar surface area (TPSA) is 157 Å². The fourth-order valence-electron chi connectivity index (χ4n) is 5.78. The maximum absolute atomic E-state index is 14.1. The predicted molar refractivity (Wildman–Crippen MR) is 156 cm³/mol. The first kappa shape index (κ1) is 31.7. The number of methoxy groups -OCH3 is 1. The number of carbonyl (C=O) groups excluding carboxylic acids is 1. The van der Waals surface area contributed by atoms with Crippen LogP contribution in [0.25, 0.3) is 0 Å². The SMILES string of the molecule is COc1cc(CP(=O)(O)O)ccc1Nc1ncc(C(F)(F)F)c(Nc2ccc([C@H]3CC[C@@](C)(O)CC3)c3c2C(=O)N(C)C3)n1. The molecule has 44 heavy (non-hydrogen) atoms. The van der Waals surface area contributed by atoms with Crippen molar-refractivity contribution in [3.05, 3.63) is 64.3 Å². The van der Waals surface area contributed by atoms with Crippen molar-refractivity contribution >= 4 is 36.6 Å². The van der Waals surface area contributed by atoms with E-state index in [0.717, 1.165) is 24.0 Å². The molecule has 3 aromatic rings. The standard InChI is InChI=1S/C29H33F3N5O6P/c1-28(39)10-8-17(9-11-28)18-5-7-22(24-19(18)14-37(2)26(24)38)34-25-20(29(30,31)32)13-33-27(36-25)35-21-6-4-16(12-23(21)43-3)15-44(40,41)42/h4-7,12-13,17,39H,8-11,14-15H2,1-3H3,(H2,40,41,42)(H2,33,34,35,36)/t17-,28+. The van der Waals surface area contributed by atoms with Crippen LogP contribution in [0.4, 0.5) is 36.3 Å². The Bertz CT molecular complexity index is 1630. The number of amides is 1. The average Bonchev–Trinajstić information content (AvgIpc) is 3.23.